The van der Waals surface area contributed by atoms with Gasteiger partial charge in [-0.3, -0.25) is 9.36 Å². The number of esters is 1. The van der Waals surface area contributed by atoms with Gasteiger partial charge in [0.2, 0.25) is 0 Å². The van der Waals surface area contributed by atoms with Crippen LogP contribution in [0.4, 0.5) is 0 Å². The van der Waals surface area contributed by atoms with E-state index in [1.54, 1.807) is 0 Å². The number of unbranched alkanes of at least 4 members (excludes halogenated alkanes) is 19. The number of phosphoric ester groups is 1. The SMILES string of the molecule is CCCCCCCCCCCCCCCCOCC(COP(=O)([O-])OCC[N+](C)(C)C)OC(=O)CCC/C=C\C/C=C\C=C/C(O)CCCCCCCC. The molecule has 0 aliphatic rings. The fourth-order valence-corrected chi connectivity index (χ4v) is 6.58. The fourth-order valence-electron chi connectivity index (χ4n) is 5.85. The molecule has 0 aliphatic carbocycles. The van der Waals surface area contributed by atoms with Crippen LogP contribution < -0.4 is 4.89 Å². The minimum Gasteiger partial charge on any atom is -0.756 e. The van der Waals surface area contributed by atoms with E-state index in [9.17, 15) is 19.4 Å². The lowest BCUT2D eigenvalue weighted by atomic mass is 10.0. The lowest BCUT2D eigenvalue weighted by Crippen LogP contribution is -2.37. The molecule has 54 heavy (non-hydrogen) atoms. The topological polar surface area (TPSA) is 114 Å². The van der Waals surface area contributed by atoms with Gasteiger partial charge in [0.25, 0.3) is 7.82 Å². The summed E-state index contributed by atoms with van der Waals surface area (Å²) in [5.41, 5.74) is 0. The summed E-state index contributed by atoms with van der Waals surface area (Å²) in [6.45, 7) is 5.24. The predicted octanol–water partition coefficient (Wildman–Crippen LogP) is 10.9. The first-order chi connectivity index (χ1) is 26.0. The van der Waals surface area contributed by atoms with E-state index in [1.807, 2.05) is 51.5 Å². The zero-order valence-corrected chi connectivity index (χ0v) is 36.4. The van der Waals surface area contributed by atoms with Crippen molar-refractivity contribution in [2.24, 2.45) is 0 Å². The van der Waals surface area contributed by atoms with Crippen LogP contribution in [0.1, 0.15) is 174 Å². The number of carbonyl (C=O) groups is 1. The van der Waals surface area contributed by atoms with E-state index in [1.165, 1.54) is 109 Å². The van der Waals surface area contributed by atoms with Crippen LogP contribution in [0, 0.1) is 0 Å². The molecule has 0 saturated heterocycles. The number of aliphatic hydroxyl groups excluding tert-OH is 1. The minimum absolute atomic E-state index is 0.00675. The summed E-state index contributed by atoms with van der Waals surface area (Å²) in [7, 11) is 1.29. The minimum atomic E-state index is -4.55. The number of hydrogen-bond acceptors (Lipinski definition) is 8. The summed E-state index contributed by atoms with van der Waals surface area (Å²) < 4.78 is 34.5. The molecule has 0 saturated carbocycles. The van der Waals surface area contributed by atoms with E-state index < -0.39 is 26.0 Å². The molecule has 0 fully saturated rings. The molecule has 0 amide bonds. The smallest absolute Gasteiger partial charge is 0.306 e. The number of quaternary nitrogens is 1. The number of aliphatic hydroxyl groups is 1. The van der Waals surface area contributed by atoms with Gasteiger partial charge >= 0.3 is 5.97 Å². The highest BCUT2D eigenvalue weighted by molar-refractivity contribution is 7.45. The first-order valence-electron chi connectivity index (χ1n) is 21.8. The van der Waals surface area contributed by atoms with E-state index >= 15 is 0 Å². The second kappa shape index (κ2) is 37.3. The molecule has 0 aromatic heterocycles. The molecule has 3 unspecified atom stereocenters. The third-order valence-corrected chi connectivity index (χ3v) is 10.3. The number of hydrogen-bond donors (Lipinski definition) is 1. The average molecular weight is 786 g/mol. The molecule has 0 spiro atoms. The third kappa shape index (κ3) is 40.3. The molecule has 9 nitrogen and oxygen atoms in total. The Hall–Kier alpha value is -1.32. The molecule has 318 valence electrons. The number of ether oxygens (including phenoxy) is 2. The summed E-state index contributed by atoms with van der Waals surface area (Å²) in [5.74, 6) is -0.409. The van der Waals surface area contributed by atoms with Crippen molar-refractivity contribution in [2.75, 3.05) is 54.1 Å². The Kier molecular flexibility index (Phi) is 36.4. The van der Waals surface area contributed by atoms with E-state index in [2.05, 4.69) is 19.9 Å². The van der Waals surface area contributed by atoms with Crippen molar-refractivity contribution in [2.45, 2.75) is 187 Å². The second-order valence-corrected chi connectivity index (χ2v) is 17.3. The Bertz CT molecular complexity index is 980. The molecule has 0 rings (SSSR count). The molecule has 0 aromatic rings. The third-order valence-electron chi connectivity index (χ3n) is 9.30. The molecule has 0 bridgehead atoms. The van der Waals surface area contributed by atoms with Gasteiger partial charge in [-0.1, -0.05) is 172 Å². The van der Waals surface area contributed by atoms with Crippen LogP contribution in [0.2, 0.25) is 0 Å². The summed E-state index contributed by atoms with van der Waals surface area (Å²) in [6, 6.07) is 0. The van der Waals surface area contributed by atoms with Crippen molar-refractivity contribution >= 4 is 13.8 Å². The van der Waals surface area contributed by atoms with Crippen LogP contribution in [0.5, 0.6) is 0 Å². The van der Waals surface area contributed by atoms with E-state index in [0.717, 1.165) is 38.5 Å². The highest BCUT2D eigenvalue weighted by atomic mass is 31.2. The number of likely N-dealkylation sites (N-methyl/N-ethyl adjacent to an activating group) is 1. The Labute approximate surface area is 332 Å². The summed E-state index contributed by atoms with van der Waals surface area (Å²) in [6.07, 6.45) is 39.0. The Balaban J connectivity index is 4.39. The molecule has 0 radical (unpaired) electrons. The first-order valence-corrected chi connectivity index (χ1v) is 23.3. The summed E-state index contributed by atoms with van der Waals surface area (Å²) in [5, 5.41) is 10.1. The van der Waals surface area contributed by atoms with E-state index in [-0.39, 0.29) is 26.2 Å². The van der Waals surface area contributed by atoms with Gasteiger partial charge in [-0.15, -0.1) is 0 Å². The van der Waals surface area contributed by atoms with Crippen LogP contribution in [0.25, 0.3) is 0 Å². The van der Waals surface area contributed by atoms with Gasteiger partial charge in [0.1, 0.15) is 19.3 Å². The second-order valence-electron chi connectivity index (χ2n) is 15.9. The number of carbonyl (C=O) groups excluding carboxylic acids is 1. The van der Waals surface area contributed by atoms with Gasteiger partial charge in [0, 0.05) is 13.0 Å². The number of rotatable bonds is 40. The molecule has 0 aromatic carbocycles. The molecule has 0 heterocycles. The average Bonchev–Trinajstić information content (AvgIpc) is 3.11. The van der Waals surface area contributed by atoms with Crippen molar-refractivity contribution in [1.82, 2.24) is 0 Å². The number of nitrogens with zero attached hydrogens (tertiary/aromatic N) is 1. The Morgan fingerprint density at radius 2 is 1.24 bits per heavy atom. The van der Waals surface area contributed by atoms with Gasteiger partial charge < -0.3 is 33.0 Å². The van der Waals surface area contributed by atoms with E-state index in [4.69, 9.17) is 18.5 Å². The normalized spacial score (nSPS) is 14.7. The van der Waals surface area contributed by atoms with Crippen molar-refractivity contribution < 1.29 is 42.4 Å². The maximum Gasteiger partial charge on any atom is 0.306 e. The van der Waals surface area contributed by atoms with Crippen LogP contribution in [-0.4, -0.2) is 81.9 Å². The summed E-state index contributed by atoms with van der Waals surface area (Å²) >= 11 is 0. The first kappa shape index (κ1) is 52.7. The zero-order chi connectivity index (χ0) is 40.0. The van der Waals surface area contributed by atoms with E-state index in [0.29, 0.717) is 24.1 Å². The van der Waals surface area contributed by atoms with Crippen LogP contribution in [0.3, 0.4) is 0 Å². The van der Waals surface area contributed by atoms with Gasteiger partial charge in [-0.05, 0) is 32.1 Å². The number of allylic oxidation sites excluding steroid dienone is 5. The van der Waals surface area contributed by atoms with Crippen molar-refractivity contribution in [3.05, 3.63) is 36.5 Å². The largest absolute Gasteiger partial charge is 0.756 e. The maximum atomic E-state index is 12.6. The zero-order valence-electron chi connectivity index (χ0n) is 35.5. The molecule has 3 atom stereocenters. The van der Waals surface area contributed by atoms with Gasteiger partial charge in [0.15, 0.2) is 0 Å². The summed E-state index contributed by atoms with van der Waals surface area (Å²) in [4.78, 5) is 25.0. The van der Waals surface area contributed by atoms with Crippen LogP contribution >= 0.6 is 7.82 Å². The standard InChI is InChI=1S/C44H84NO8P/c1-6-8-10-12-14-15-16-17-18-19-22-25-29-33-38-50-40-43(41-52-54(48,49)51-39-37-45(3,4)5)53-44(47)36-32-28-24-21-20-23-27-31-35-42(46)34-30-26-13-11-9-7-2/h21,23-24,27,31,35,42-43,46H,6-20,22,25-26,28-30,32-34,36-41H2,1-5H3/b24-21-,27-23-,35-31-. The highest BCUT2D eigenvalue weighted by Crippen LogP contribution is 2.38. The van der Waals surface area contributed by atoms with Gasteiger partial charge in [0.05, 0.1) is 40.5 Å². The molecule has 10 heteroatoms. The molecular weight excluding hydrogens is 701 g/mol. The lowest BCUT2D eigenvalue weighted by Gasteiger charge is -2.28. The van der Waals surface area contributed by atoms with Gasteiger partial charge in [-0.25, -0.2) is 0 Å². The van der Waals surface area contributed by atoms with Crippen molar-refractivity contribution in [3.63, 3.8) is 0 Å². The maximum absolute atomic E-state index is 12.6. The predicted molar refractivity (Wildman–Crippen MR) is 223 cm³/mol. The lowest BCUT2D eigenvalue weighted by molar-refractivity contribution is -0.870. The molecule has 0 aliphatic heterocycles. The highest BCUT2D eigenvalue weighted by Gasteiger charge is 2.20. The van der Waals surface area contributed by atoms with Crippen molar-refractivity contribution in [1.29, 1.82) is 0 Å². The van der Waals surface area contributed by atoms with Crippen molar-refractivity contribution in [3.8, 4) is 0 Å². The van der Waals surface area contributed by atoms with Crippen LogP contribution in [-0.2, 0) is 27.9 Å². The Morgan fingerprint density at radius 3 is 1.81 bits per heavy atom. The Morgan fingerprint density at radius 1 is 0.685 bits per heavy atom. The molecule has 1 N–H and O–H groups in total. The number of phosphoric acid groups is 1. The quantitative estimate of drug-likeness (QED) is 0.0163. The van der Waals surface area contributed by atoms with Gasteiger partial charge in [-0.2, -0.15) is 0 Å². The monoisotopic (exact) mass is 786 g/mol. The molecular formula is C44H84NO8P. The van der Waals surface area contributed by atoms with Crippen LogP contribution in [0.15, 0.2) is 36.5 Å². The fraction of sp³-hybridized carbons (Fsp3) is 0.841.